The van der Waals surface area contributed by atoms with Crippen molar-refractivity contribution in [2.45, 2.75) is 13.8 Å². The molecule has 0 spiro atoms. The Hall–Kier alpha value is -2.14. The minimum absolute atomic E-state index is 0.105. The van der Waals surface area contributed by atoms with Crippen molar-refractivity contribution in [2.24, 2.45) is 0 Å². The first kappa shape index (κ1) is 11.9. The summed E-state index contributed by atoms with van der Waals surface area (Å²) in [6, 6.07) is 7.65. The molecule has 0 aliphatic carbocycles. The van der Waals surface area contributed by atoms with Crippen LogP contribution in [0.25, 0.3) is 21.3 Å². The van der Waals surface area contributed by atoms with Gasteiger partial charge in [0, 0.05) is 15.1 Å². The zero-order valence-corrected chi connectivity index (χ0v) is 11.3. The van der Waals surface area contributed by atoms with Gasteiger partial charge in [-0.3, -0.25) is 5.10 Å². The third kappa shape index (κ3) is 1.92. The molecule has 3 rings (SSSR count). The Kier molecular flexibility index (Phi) is 2.64. The number of aryl methyl sites for hydroxylation is 2. The van der Waals surface area contributed by atoms with E-state index < -0.39 is 5.97 Å². The molecule has 1 aromatic carbocycles. The molecule has 5 heteroatoms. The second kappa shape index (κ2) is 4.20. The average Bonchev–Trinajstić information content (AvgIpc) is 2.96. The maximum Gasteiger partial charge on any atom is 0.353 e. The number of nitrogens with zero attached hydrogens (tertiary/aromatic N) is 1. The van der Waals surface area contributed by atoms with Crippen LogP contribution >= 0.6 is 11.3 Å². The topological polar surface area (TPSA) is 66.0 Å². The van der Waals surface area contributed by atoms with E-state index in [0.717, 1.165) is 5.56 Å². The number of rotatable bonds is 2. The van der Waals surface area contributed by atoms with Gasteiger partial charge in [-0.1, -0.05) is 12.1 Å². The van der Waals surface area contributed by atoms with Gasteiger partial charge < -0.3 is 5.11 Å². The van der Waals surface area contributed by atoms with Crippen molar-refractivity contribution in [3.63, 3.8) is 0 Å². The van der Waals surface area contributed by atoms with Gasteiger partial charge in [-0.15, -0.1) is 11.3 Å². The fourth-order valence-corrected chi connectivity index (χ4v) is 3.20. The van der Waals surface area contributed by atoms with E-state index in [1.54, 1.807) is 17.4 Å². The van der Waals surface area contributed by atoms with Crippen LogP contribution in [0.3, 0.4) is 0 Å². The van der Waals surface area contributed by atoms with Gasteiger partial charge in [0.15, 0.2) is 0 Å². The number of aromatic nitrogens is 2. The van der Waals surface area contributed by atoms with E-state index in [1.165, 1.54) is 20.5 Å². The van der Waals surface area contributed by atoms with E-state index in [1.807, 2.05) is 6.07 Å². The Morgan fingerprint density at radius 2 is 2.11 bits per heavy atom. The average molecular weight is 272 g/mol. The van der Waals surface area contributed by atoms with Gasteiger partial charge in [-0.25, -0.2) is 4.79 Å². The van der Waals surface area contributed by atoms with Gasteiger partial charge in [0.25, 0.3) is 0 Å². The molecular formula is C14H12N2O2S. The zero-order chi connectivity index (χ0) is 13.6. The number of aromatic carboxylic acids is 1. The first-order valence-corrected chi connectivity index (χ1v) is 6.67. The van der Waals surface area contributed by atoms with Crippen LogP contribution in [0.5, 0.6) is 0 Å². The van der Waals surface area contributed by atoms with E-state index in [4.69, 9.17) is 5.11 Å². The highest BCUT2D eigenvalue weighted by Crippen LogP contribution is 2.33. The quantitative estimate of drug-likeness (QED) is 0.749. The molecule has 2 aromatic heterocycles. The molecule has 96 valence electrons. The molecule has 2 N–H and O–H groups in total. The SMILES string of the molecule is Cc1sc2cc(-c3cc(C(=O)O)[nH]n3)ccc2c1C. The Bertz CT molecular complexity index is 786. The van der Waals surface area contributed by atoms with Gasteiger partial charge in [-0.2, -0.15) is 5.10 Å². The summed E-state index contributed by atoms with van der Waals surface area (Å²) < 4.78 is 1.20. The Morgan fingerprint density at radius 1 is 1.32 bits per heavy atom. The van der Waals surface area contributed by atoms with Crippen molar-refractivity contribution in [1.29, 1.82) is 0 Å². The summed E-state index contributed by atoms with van der Waals surface area (Å²) in [5, 5.41) is 16.7. The molecule has 0 unspecified atom stereocenters. The zero-order valence-electron chi connectivity index (χ0n) is 10.5. The lowest BCUT2D eigenvalue weighted by Gasteiger charge is -1.97. The molecule has 0 saturated carbocycles. The monoisotopic (exact) mass is 272 g/mol. The molecule has 0 saturated heterocycles. The standard InChI is InChI=1S/C14H12N2O2S/c1-7-8(2)19-13-5-9(3-4-10(7)13)11-6-12(14(17)18)16-15-11/h3-6H,1-2H3,(H,15,16)(H,17,18). The summed E-state index contributed by atoms with van der Waals surface area (Å²) in [5.41, 5.74) is 2.99. The molecule has 2 heterocycles. The number of carbonyl (C=O) groups is 1. The van der Waals surface area contributed by atoms with Crippen LogP contribution in [0, 0.1) is 13.8 Å². The molecule has 3 aromatic rings. The normalized spacial score (nSPS) is 11.1. The van der Waals surface area contributed by atoms with Crippen LogP contribution in [-0.2, 0) is 0 Å². The summed E-state index contributed by atoms with van der Waals surface area (Å²) in [6.07, 6.45) is 0. The predicted molar refractivity (Wildman–Crippen MR) is 75.8 cm³/mol. The lowest BCUT2D eigenvalue weighted by Crippen LogP contribution is -1.95. The fraction of sp³-hybridized carbons (Fsp3) is 0.143. The van der Waals surface area contributed by atoms with Crippen molar-refractivity contribution in [1.82, 2.24) is 10.2 Å². The largest absolute Gasteiger partial charge is 0.477 e. The summed E-state index contributed by atoms with van der Waals surface area (Å²) in [6.45, 7) is 4.22. The van der Waals surface area contributed by atoms with Gasteiger partial charge >= 0.3 is 5.97 Å². The summed E-state index contributed by atoms with van der Waals surface area (Å²) >= 11 is 1.75. The highest BCUT2D eigenvalue weighted by Gasteiger charge is 2.11. The van der Waals surface area contributed by atoms with E-state index in [-0.39, 0.29) is 5.69 Å². The van der Waals surface area contributed by atoms with E-state index in [2.05, 4.69) is 36.2 Å². The van der Waals surface area contributed by atoms with Crippen molar-refractivity contribution < 1.29 is 9.90 Å². The number of fused-ring (bicyclic) bond motifs is 1. The number of benzene rings is 1. The first-order chi connectivity index (χ1) is 9.06. The predicted octanol–water partition coefficient (Wildman–Crippen LogP) is 3.61. The summed E-state index contributed by atoms with van der Waals surface area (Å²) in [4.78, 5) is 12.1. The van der Waals surface area contributed by atoms with Gasteiger partial charge in [0.1, 0.15) is 5.69 Å². The van der Waals surface area contributed by atoms with Crippen LogP contribution < -0.4 is 0 Å². The third-order valence-electron chi connectivity index (χ3n) is 3.28. The van der Waals surface area contributed by atoms with Crippen LogP contribution in [0.4, 0.5) is 0 Å². The van der Waals surface area contributed by atoms with Crippen LogP contribution in [0.1, 0.15) is 20.9 Å². The number of carboxylic acids is 1. The molecule has 0 fully saturated rings. The molecule has 0 bridgehead atoms. The van der Waals surface area contributed by atoms with Crippen LogP contribution in [0.15, 0.2) is 24.3 Å². The molecular weight excluding hydrogens is 260 g/mol. The fourth-order valence-electron chi connectivity index (χ4n) is 2.09. The summed E-state index contributed by atoms with van der Waals surface area (Å²) in [7, 11) is 0. The highest BCUT2D eigenvalue weighted by atomic mass is 32.1. The number of hydrogen-bond acceptors (Lipinski definition) is 3. The van der Waals surface area contributed by atoms with Crippen molar-refractivity contribution >= 4 is 27.4 Å². The van der Waals surface area contributed by atoms with E-state index in [0.29, 0.717) is 5.69 Å². The smallest absolute Gasteiger partial charge is 0.353 e. The van der Waals surface area contributed by atoms with Gasteiger partial charge in [0.05, 0.1) is 5.69 Å². The summed E-state index contributed by atoms with van der Waals surface area (Å²) in [5.74, 6) is -0.998. The number of carboxylic acid groups (broad SMARTS) is 1. The molecule has 0 aliphatic rings. The number of thiophene rings is 1. The molecule has 4 nitrogen and oxygen atoms in total. The minimum Gasteiger partial charge on any atom is -0.477 e. The molecule has 0 radical (unpaired) electrons. The first-order valence-electron chi connectivity index (χ1n) is 5.85. The minimum atomic E-state index is -0.998. The Balaban J connectivity index is 2.12. The van der Waals surface area contributed by atoms with Crippen molar-refractivity contribution in [3.8, 4) is 11.3 Å². The number of aromatic amines is 1. The second-order valence-electron chi connectivity index (χ2n) is 4.47. The maximum absolute atomic E-state index is 10.8. The van der Waals surface area contributed by atoms with Crippen LogP contribution in [-0.4, -0.2) is 21.3 Å². The van der Waals surface area contributed by atoms with Crippen molar-refractivity contribution in [2.75, 3.05) is 0 Å². The van der Waals surface area contributed by atoms with Gasteiger partial charge in [0.2, 0.25) is 0 Å². The lowest BCUT2D eigenvalue weighted by molar-refractivity contribution is 0.0690. The third-order valence-corrected chi connectivity index (χ3v) is 4.45. The maximum atomic E-state index is 10.8. The van der Waals surface area contributed by atoms with E-state index in [9.17, 15) is 4.79 Å². The molecule has 0 amide bonds. The molecule has 0 aliphatic heterocycles. The Morgan fingerprint density at radius 3 is 2.79 bits per heavy atom. The number of hydrogen-bond donors (Lipinski definition) is 2. The van der Waals surface area contributed by atoms with Crippen molar-refractivity contribution in [3.05, 3.63) is 40.4 Å². The van der Waals surface area contributed by atoms with Gasteiger partial charge in [-0.05, 0) is 36.9 Å². The number of H-pyrrole nitrogens is 1. The lowest BCUT2D eigenvalue weighted by atomic mass is 10.1. The molecule has 0 atom stereocenters. The Labute approximate surface area is 113 Å². The molecule has 19 heavy (non-hydrogen) atoms. The highest BCUT2D eigenvalue weighted by molar-refractivity contribution is 7.19. The number of nitrogens with one attached hydrogen (secondary N) is 1. The van der Waals surface area contributed by atoms with E-state index >= 15 is 0 Å². The second-order valence-corrected chi connectivity index (χ2v) is 5.72. The van der Waals surface area contributed by atoms with Crippen LogP contribution in [0.2, 0.25) is 0 Å².